The van der Waals surface area contributed by atoms with Crippen molar-refractivity contribution < 1.29 is 0 Å². The van der Waals surface area contributed by atoms with Crippen molar-refractivity contribution in [3.63, 3.8) is 0 Å². The molecule has 0 unspecified atom stereocenters. The van der Waals surface area contributed by atoms with Crippen molar-refractivity contribution in [2.45, 2.75) is 10.8 Å². The number of para-hydroxylation sites is 2. The highest BCUT2D eigenvalue weighted by molar-refractivity contribution is 7.21. The molecule has 0 fully saturated rings. The van der Waals surface area contributed by atoms with Crippen LogP contribution in [0.5, 0.6) is 0 Å². The fourth-order valence-electron chi connectivity index (χ4n) is 15.9. The summed E-state index contributed by atoms with van der Waals surface area (Å²) >= 11 is 3.75. The van der Waals surface area contributed by atoms with E-state index in [1.54, 1.807) is 0 Å². The van der Waals surface area contributed by atoms with Gasteiger partial charge in [0.1, 0.15) is 0 Å². The quantitative estimate of drug-likeness (QED) is 0.164. The molecule has 0 amide bonds. The van der Waals surface area contributed by atoms with Crippen LogP contribution in [0.3, 0.4) is 0 Å². The zero-order valence-corrected chi connectivity index (χ0v) is 47.6. The predicted octanol–water partition coefficient (Wildman–Crippen LogP) is 21.7. The Balaban J connectivity index is 0.870. The molecule has 4 heterocycles. The van der Waals surface area contributed by atoms with Gasteiger partial charge in [-0.1, -0.05) is 200 Å². The van der Waals surface area contributed by atoms with E-state index in [9.17, 15) is 0 Å². The zero-order valence-electron chi connectivity index (χ0n) is 45.9. The van der Waals surface area contributed by atoms with Gasteiger partial charge in [0, 0.05) is 48.7 Å². The number of benzene rings is 12. The van der Waals surface area contributed by atoms with E-state index < -0.39 is 10.8 Å². The summed E-state index contributed by atoms with van der Waals surface area (Å²) in [5.41, 5.74) is 27.3. The lowest BCUT2D eigenvalue weighted by atomic mass is 9.65. The molecule has 15 aromatic rings. The van der Waals surface area contributed by atoms with Crippen LogP contribution in [-0.2, 0) is 10.8 Å². The molecule has 3 nitrogen and oxygen atoms in total. The van der Waals surface area contributed by atoms with Crippen LogP contribution in [0.4, 0.5) is 34.1 Å². The van der Waals surface area contributed by atoms with Crippen molar-refractivity contribution in [3.8, 4) is 48.8 Å². The first-order valence-electron chi connectivity index (χ1n) is 29.3. The Kier molecular flexibility index (Phi) is 9.79. The maximum absolute atomic E-state index is 2.58. The second kappa shape index (κ2) is 17.6. The van der Waals surface area contributed by atoms with Gasteiger partial charge >= 0.3 is 0 Å². The first-order valence-corrected chi connectivity index (χ1v) is 31.0. The number of nitrogens with zero attached hydrogens (tertiary/aromatic N) is 3. The minimum Gasteiger partial charge on any atom is -0.310 e. The van der Waals surface area contributed by atoms with Crippen molar-refractivity contribution in [2.75, 3.05) is 9.80 Å². The number of hydrogen-bond acceptors (Lipinski definition) is 4. The minimum absolute atomic E-state index is 0.498. The van der Waals surface area contributed by atoms with Crippen LogP contribution in [0.2, 0.25) is 0 Å². The van der Waals surface area contributed by atoms with E-state index in [0.717, 1.165) is 22.7 Å². The molecule has 0 atom stereocenters. The van der Waals surface area contributed by atoms with Gasteiger partial charge < -0.3 is 14.4 Å². The molecule has 1 aliphatic heterocycles. The number of aromatic nitrogens is 1. The third kappa shape index (κ3) is 6.23. The average molecular weight is 1120 g/mol. The number of thiophene rings is 2. The van der Waals surface area contributed by atoms with Crippen LogP contribution in [0.25, 0.3) is 81.4 Å². The van der Waals surface area contributed by atoms with Gasteiger partial charge in [-0.3, -0.25) is 0 Å². The highest BCUT2D eigenvalue weighted by Crippen LogP contribution is 2.67. The maximum atomic E-state index is 2.58. The zero-order chi connectivity index (χ0) is 55.5. The topological polar surface area (TPSA) is 11.4 Å². The molecule has 0 bridgehead atoms. The molecule has 3 aromatic heterocycles. The largest absolute Gasteiger partial charge is 0.310 e. The van der Waals surface area contributed by atoms with Crippen LogP contribution in [-0.4, -0.2) is 4.57 Å². The van der Waals surface area contributed by atoms with Gasteiger partial charge in [0.05, 0.1) is 38.9 Å². The van der Waals surface area contributed by atoms with Crippen molar-refractivity contribution in [1.29, 1.82) is 0 Å². The standard InChI is InChI=1S/C80H49N3S2/c1-2-18-50(19-3-1)51-36-38-53(39-37-51)81(56-40-41-61-60-27-8-12-31-66(60)79(70(61)47-56)64-29-10-6-25-58(64)59-26-7-11-30-65(59)79)54-22-17-23-55(46-54)82-74-34-15-13-32-67(74)80(68-42-44-84-77(68)78-69(80)43-45-85-78)71-48-63-62-28-9-14-33-73(62)83(75(63)49-76(71)82)72-35-16-21-52-20-4-5-24-57(52)72/h1-49H. The summed E-state index contributed by atoms with van der Waals surface area (Å²) in [6.45, 7) is 0. The SMILES string of the molecule is c1ccc(-c2ccc(N(c3cccc(N4c5ccccc5C5(c6cc7c8ccccc8n(-c8cccc9ccccc89)c7cc64)c4ccsc4-c4sccc45)c3)c3ccc4c(c3)C3(c5ccccc5-c5ccccc53)c3ccccc3-4)cc2)cc1. The summed E-state index contributed by atoms with van der Waals surface area (Å²) in [5.74, 6) is 0. The van der Waals surface area contributed by atoms with Crippen LogP contribution in [0.15, 0.2) is 296 Å². The highest BCUT2D eigenvalue weighted by Gasteiger charge is 2.54. The van der Waals surface area contributed by atoms with Crippen molar-refractivity contribution >= 4 is 89.4 Å². The summed E-state index contributed by atoms with van der Waals surface area (Å²) < 4.78 is 2.52. The Labute approximate surface area is 500 Å². The molecule has 0 radical (unpaired) electrons. The maximum Gasteiger partial charge on any atom is 0.0771 e. The molecule has 3 aliphatic carbocycles. The second-order valence-electron chi connectivity index (χ2n) is 23.1. The highest BCUT2D eigenvalue weighted by atomic mass is 32.1. The Morgan fingerprint density at radius 3 is 1.56 bits per heavy atom. The molecule has 2 spiro atoms. The lowest BCUT2D eigenvalue weighted by Gasteiger charge is -2.44. The molecule has 12 aromatic carbocycles. The molecule has 4 aliphatic rings. The minimum atomic E-state index is -0.552. The van der Waals surface area contributed by atoms with Crippen LogP contribution < -0.4 is 9.80 Å². The number of fused-ring (bicyclic) bond motifs is 23. The van der Waals surface area contributed by atoms with Gasteiger partial charge in [-0.25, -0.2) is 0 Å². The molecule has 5 heteroatoms. The van der Waals surface area contributed by atoms with Crippen LogP contribution in [0.1, 0.15) is 44.5 Å². The van der Waals surface area contributed by atoms with E-state index in [2.05, 4.69) is 310 Å². The van der Waals surface area contributed by atoms with E-state index in [1.165, 1.54) is 137 Å². The Morgan fingerprint density at radius 1 is 0.294 bits per heavy atom. The summed E-state index contributed by atoms with van der Waals surface area (Å²) in [6, 6.07) is 108. The van der Waals surface area contributed by atoms with E-state index in [4.69, 9.17) is 0 Å². The van der Waals surface area contributed by atoms with Gasteiger partial charge in [0.15, 0.2) is 0 Å². The molecular formula is C80H49N3S2. The molecule has 85 heavy (non-hydrogen) atoms. The Morgan fingerprint density at radius 2 is 0.835 bits per heavy atom. The van der Waals surface area contributed by atoms with Gasteiger partial charge in [0.25, 0.3) is 0 Å². The third-order valence-electron chi connectivity index (χ3n) is 19.2. The lowest BCUT2D eigenvalue weighted by molar-refractivity contribution is 0.757. The first kappa shape index (κ1) is 47.2. The predicted molar refractivity (Wildman–Crippen MR) is 356 cm³/mol. The van der Waals surface area contributed by atoms with Gasteiger partial charge in [0.2, 0.25) is 0 Å². The van der Waals surface area contributed by atoms with Crippen molar-refractivity contribution in [3.05, 3.63) is 340 Å². The molecular weight excluding hydrogens is 1070 g/mol. The molecule has 0 saturated carbocycles. The number of rotatable bonds is 6. The average Bonchev–Trinajstić information content (AvgIpc) is 1.62. The Hall–Kier alpha value is -10.3. The van der Waals surface area contributed by atoms with Gasteiger partial charge in [-0.05, 0) is 179 Å². The smallest absolute Gasteiger partial charge is 0.0771 e. The van der Waals surface area contributed by atoms with Crippen LogP contribution in [0, 0.1) is 0 Å². The molecule has 19 rings (SSSR count). The second-order valence-corrected chi connectivity index (χ2v) is 24.9. The monoisotopic (exact) mass is 1120 g/mol. The third-order valence-corrected chi connectivity index (χ3v) is 21.1. The van der Waals surface area contributed by atoms with Gasteiger partial charge in [-0.15, -0.1) is 22.7 Å². The van der Waals surface area contributed by atoms with E-state index >= 15 is 0 Å². The van der Waals surface area contributed by atoms with E-state index in [0.29, 0.717) is 0 Å². The summed E-state index contributed by atoms with van der Waals surface area (Å²) in [4.78, 5) is 7.82. The van der Waals surface area contributed by atoms with E-state index in [-0.39, 0.29) is 0 Å². The summed E-state index contributed by atoms with van der Waals surface area (Å²) in [7, 11) is 0. The lowest BCUT2D eigenvalue weighted by Crippen LogP contribution is -2.36. The molecule has 396 valence electrons. The Bertz CT molecular complexity index is 5180. The number of anilines is 6. The van der Waals surface area contributed by atoms with Crippen molar-refractivity contribution in [1.82, 2.24) is 4.57 Å². The number of hydrogen-bond donors (Lipinski definition) is 0. The van der Waals surface area contributed by atoms with Crippen molar-refractivity contribution in [2.24, 2.45) is 0 Å². The fraction of sp³-hybridized carbons (Fsp3) is 0.0250. The van der Waals surface area contributed by atoms with Gasteiger partial charge in [-0.2, -0.15) is 0 Å². The summed E-state index contributed by atoms with van der Waals surface area (Å²) in [5, 5.41) is 9.53. The van der Waals surface area contributed by atoms with Crippen LogP contribution >= 0.6 is 22.7 Å². The molecule has 0 saturated heterocycles. The molecule has 0 N–H and O–H groups in total. The first-order chi connectivity index (χ1) is 42.2. The fourth-order valence-corrected chi connectivity index (χ4v) is 18.0. The normalized spacial score (nSPS) is 14.0. The summed E-state index contributed by atoms with van der Waals surface area (Å²) in [6.07, 6.45) is 0. The van der Waals surface area contributed by atoms with E-state index in [1.807, 2.05) is 22.7 Å².